The van der Waals surface area contributed by atoms with Crippen LogP contribution in [0, 0.1) is 0 Å². The molecule has 4 aromatic rings. The normalized spacial score (nSPS) is 18.2. The topological polar surface area (TPSA) is 100 Å². The first kappa shape index (κ1) is 22.0. The van der Waals surface area contributed by atoms with Crippen LogP contribution in [-0.4, -0.2) is 32.2 Å². The van der Waals surface area contributed by atoms with E-state index in [1.807, 2.05) is 24.3 Å². The molecule has 3 aromatic heterocycles. The maximum absolute atomic E-state index is 11.6. The molecule has 3 heterocycles. The summed E-state index contributed by atoms with van der Waals surface area (Å²) in [4.78, 5) is 23.2. The Bertz CT molecular complexity index is 1270. The number of hydrogen-bond donors (Lipinski definition) is 3. The zero-order valence-electron chi connectivity index (χ0n) is 16.7. The Hall–Kier alpha value is -3.23. The third-order valence-electron chi connectivity index (χ3n) is 5.44. The average Bonchev–Trinajstić information content (AvgIpc) is 3.17. The zero-order valence-corrected chi connectivity index (χ0v) is 17.6. The van der Waals surface area contributed by atoms with Crippen LogP contribution in [0.5, 0.6) is 11.5 Å². The molecule has 1 saturated carbocycles. The Morgan fingerprint density at radius 3 is 2.78 bits per heavy atom. The van der Waals surface area contributed by atoms with Gasteiger partial charge in [0.1, 0.15) is 11.5 Å². The number of anilines is 1. The van der Waals surface area contributed by atoms with E-state index in [-0.39, 0.29) is 25.1 Å². The van der Waals surface area contributed by atoms with Crippen molar-refractivity contribution in [3.63, 3.8) is 0 Å². The lowest BCUT2D eigenvalue weighted by molar-refractivity contribution is 0.116. The van der Waals surface area contributed by atoms with Gasteiger partial charge in [0.2, 0.25) is 5.56 Å². The summed E-state index contributed by atoms with van der Waals surface area (Å²) in [6.45, 7) is 0. The number of hydrogen-bond acceptors (Lipinski definition) is 7. The van der Waals surface area contributed by atoms with Crippen LogP contribution in [0.2, 0.25) is 0 Å². The fraction of sp³-hybridized carbons (Fsp3) is 0.292. The van der Waals surface area contributed by atoms with E-state index in [9.17, 15) is 9.90 Å². The third kappa shape index (κ3) is 4.81. The Kier molecular flexibility index (Phi) is 6.53. The van der Waals surface area contributed by atoms with Gasteiger partial charge in [-0.3, -0.25) is 9.78 Å². The molecule has 0 amide bonds. The van der Waals surface area contributed by atoms with E-state index in [2.05, 4.69) is 20.3 Å². The molecular weight excluding hydrogens is 424 g/mol. The first-order chi connectivity index (χ1) is 15.1. The first-order valence-electron chi connectivity index (χ1n) is 10.3. The summed E-state index contributed by atoms with van der Waals surface area (Å²) >= 11 is 1.56. The Morgan fingerprint density at radius 2 is 1.94 bits per heavy atom. The summed E-state index contributed by atoms with van der Waals surface area (Å²) in [5.74, 6) is 1.33. The average molecular weight is 451 g/mol. The number of fused-ring (bicyclic) bond motifs is 1. The number of ether oxygens (including phenoxy) is 1. The molecule has 8 heteroatoms. The SMILES string of the molecule is C.O=c1cc(-c2cc(Oc3ccc4nc(N[C@@H]5CCCC[C@H]5O)sc4c3)ccn2)cc[nH]1. The van der Waals surface area contributed by atoms with Crippen molar-refractivity contribution in [1.29, 1.82) is 0 Å². The van der Waals surface area contributed by atoms with Crippen molar-refractivity contribution in [3.8, 4) is 22.8 Å². The number of H-pyrrole nitrogens is 1. The molecule has 0 spiro atoms. The summed E-state index contributed by atoms with van der Waals surface area (Å²) in [5, 5.41) is 14.4. The summed E-state index contributed by atoms with van der Waals surface area (Å²) in [6, 6.07) is 12.7. The van der Waals surface area contributed by atoms with Crippen LogP contribution in [0.4, 0.5) is 5.13 Å². The van der Waals surface area contributed by atoms with Crippen LogP contribution < -0.4 is 15.6 Å². The molecule has 0 radical (unpaired) electrons. The number of aromatic nitrogens is 3. The minimum absolute atomic E-state index is 0. The molecule has 5 rings (SSSR count). The first-order valence-corrected chi connectivity index (χ1v) is 11.1. The van der Waals surface area contributed by atoms with Gasteiger partial charge in [-0.25, -0.2) is 4.98 Å². The number of pyridine rings is 2. The lowest BCUT2D eigenvalue weighted by atomic mass is 9.93. The van der Waals surface area contributed by atoms with Crippen molar-refractivity contribution in [2.24, 2.45) is 0 Å². The smallest absolute Gasteiger partial charge is 0.248 e. The highest BCUT2D eigenvalue weighted by molar-refractivity contribution is 7.22. The van der Waals surface area contributed by atoms with Gasteiger partial charge in [-0.1, -0.05) is 31.6 Å². The summed E-state index contributed by atoms with van der Waals surface area (Å²) < 4.78 is 7.06. The number of aliphatic hydroxyl groups excluding tert-OH is 1. The predicted octanol–water partition coefficient (Wildman–Crippen LogP) is 5.19. The monoisotopic (exact) mass is 450 g/mol. The number of benzene rings is 1. The van der Waals surface area contributed by atoms with Crippen molar-refractivity contribution in [2.75, 3.05) is 5.32 Å². The molecule has 0 aliphatic heterocycles. The van der Waals surface area contributed by atoms with E-state index in [4.69, 9.17) is 4.74 Å². The van der Waals surface area contributed by atoms with Gasteiger partial charge >= 0.3 is 0 Å². The van der Waals surface area contributed by atoms with Gasteiger partial charge in [0.15, 0.2) is 5.13 Å². The second-order valence-electron chi connectivity index (χ2n) is 7.67. The quantitative estimate of drug-likeness (QED) is 0.387. The Balaban J connectivity index is 0.00000245. The van der Waals surface area contributed by atoms with Gasteiger partial charge in [0, 0.05) is 36.2 Å². The van der Waals surface area contributed by atoms with Gasteiger partial charge in [0.25, 0.3) is 0 Å². The van der Waals surface area contributed by atoms with E-state index in [0.717, 1.165) is 46.6 Å². The maximum Gasteiger partial charge on any atom is 0.248 e. The molecule has 7 nitrogen and oxygen atoms in total. The molecular formula is C24H26N4O3S. The fourth-order valence-corrected chi connectivity index (χ4v) is 4.80. The van der Waals surface area contributed by atoms with Crippen LogP contribution in [0.1, 0.15) is 33.1 Å². The largest absolute Gasteiger partial charge is 0.457 e. The molecule has 32 heavy (non-hydrogen) atoms. The highest BCUT2D eigenvalue weighted by atomic mass is 32.1. The Labute approximate surface area is 190 Å². The van der Waals surface area contributed by atoms with Crippen molar-refractivity contribution < 1.29 is 9.84 Å². The van der Waals surface area contributed by atoms with Gasteiger partial charge in [-0.05, 0) is 37.1 Å². The van der Waals surface area contributed by atoms with Crippen LogP contribution in [0.15, 0.2) is 59.7 Å². The van der Waals surface area contributed by atoms with Crippen LogP contribution >= 0.6 is 11.3 Å². The number of nitrogens with one attached hydrogen (secondary N) is 2. The second kappa shape index (κ2) is 9.50. The Morgan fingerprint density at radius 1 is 1.09 bits per heavy atom. The van der Waals surface area contributed by atoms with Gasteiger partial charge < -0.3 is 20.1 Å². The van der Waals surface area contributed by atoms with E-state index in [0.29, 0.717) is 17.2 Å². The molecule has 3 N–H and O–H groups in total. The summed E-state index contributed by atoms with van der Waals surface area (Å²) in [5.41, 5.74) is 2.11. The fourth-order valence-electron chi connectivity index (χ4n) is 3.84. The van der Waals surface area contributed by atoms with Crippen molar-refractivity contribution >= 4 is 26.7 Å². The minimum atomic E-state index is -0.319. The van der Waals surface area contributed by atoms with Crippen LogP contribution in [-0.2, 0) is 0 Å². The van der Waals surface area contributed by atoms with E-state index >= 15 is 0 Å². The third-order valence-corrected chi connectivity index (χ3v) is 6.39. The van der Waals surface area contributed by atoms with Crippen molar-refractivity contribution in [1.82, 2.24) is 15.0 Å². The van der Waals surface area contributed by atoms with Crippen LogP contribution in [0.25, 0.3) is 21.5 Å². The number of aliphatic hydroxyl groups is 1. The number of thiazole rings is 1. The molecule has 2 atom stereocenters. The summed E-state index contributed by atoms with van der Waals surface area (Å²) in [6.07, 6.45) is 6.95. The summed E-state index contributed by atoms with van der Waals surface area (Å²) in [7, 11) is 0. The highest BCUT2D eigenvalue weighted by Crippen LogP contribution is 2.33. The van der Waals surface area contributed by atoms with Crippen molar-refractivity contribution in [3.05, 3.63) is 65.2 Å². The molecule has 0 unspecified atom stereocenters. The molecule has 0 saturated heterocycles. The standard InChI is InChI=1S/C23H22N4O3S.CH4/c28-20-4-2-1-3-17(20)26-23-27-18-6-5-15(13-21(18)31-23)30-16-8-10-24-19(12-16)14-7-9-25-22(29)11-14;/h5-13,17,20,28H,1-4H2,(H,25,29)(H,26,27);1H4/t17-,20-;/m1./s1. The molecule has 1 aliphatic carbocycles. The van der Waals surface area contributed by atoms with Crippen molar-refractivity contribution in [2.45, 2.75) is 45.3 Å². The molecule has 1 aromatic carbocycles. The van der Waals surface area contributed by atoms with Gasteiger partial charge in [-0.15, -0.1) is 0 Å². The molecule has 1 fully saturated rings. The molecule has 166 valence electrons. The predicted molar refractivity (Wildman–Crippen MR) is 129 cm³/mol. The highest BCUT2D eigenvalue weighted by Gasteiger charge is 2.23. The van der Waals surface area contributed by atoms with E-state index in [1.165, 1.54) is 6.07 Å². The van der Waals surface area contributed by atoms with E-state index < -0.39 is 0 Å². The molecule has 0 bridgehead atoms. The lowest BCUT2D eigenvalue weighted by Crippen LogP contribution is -2.36. The van der Waals surface area contributed by atoms with E-state index in [1.54, 1.807) is 35.9 Å². The van der Waals surface area contributed by atoms with Gasteiger partial charge in [-0.2, -0.15) is 0 Å². The zero-order chi connectivity index (χ0) is 21.2. The maximum atomic E-state index is 11.6. The number of rotatable bonds is 5. The second-order valence-corrected chi connectivity index (χ2v) is 8.70. The number of nitrogens with zero attached hydrogens (tertiary/aromatic N) is 2. The lowest BCUT2D eigenvalue weighted by Gasteiger charge is -2.27. The molecule has 1 aliphatic rings. The minimum Gasteiger partial charge on any atom is -0.457 e. The van der Waals surface area contributed by atoms with Crippen LogP contribution in [0.3, 0.4) is 0 Å². The van der Waals surface area contributed by atoms with Gasteiger partial charge in [0.05, 0.1) is 28.1 Å². The number of aromatic amines is 1.